The maximum absolute atomic E-state index is 12.8. The third-order valence-electron chi connectivity index (χ3n) is 5.52. The Morgan fingerprint density at radius 1 is 1.06 bits per heavy atom. The van der Waals surface area contributed by atoms with Crippen LogP contribution < -0.4 is 0 Å². The van der Waals surface area contributed by atoms with Gasteiger partial charge in [0.25, 0.3) is 11.8 Å². The molecule has 0 unspecified atom stereocenters. The van der Waals surface area contributed by atoms with Crippen molar-refractivity contribution in [2.45, 2.75) is 46.7 Å². The molecular formula is C22H24N6O3. The Balaban J connectivity index is 1.41. The lowest BCUT2D eigenvalue weighted by Crippen LogP contribution is -2.32. The Bertz CT molecular complexity index is 1150. The number of fused-ring (bicyclic) bond motifs is 1. The molecule has 0 spiro atoms. The minimum absolute atomic E-state index is 0.0254. The number of imide groups is 1. The second kappa shape index (κ2) is 7.90. The summed E-state index contributed by atoms with van der Waals surface area (Å²) in [6, 6.07) is 8.90. The topological polar surface area (TPSA) is 103 Å². The van der Waals surface area contributed by atoms with Crippen LogP contribution in [0, 0.1) is 13.8 Å². The predicted octanol–water partition coefficient (Wildman–Crippen LogP) is 2.39. The van der Waals surface area contributed by atoms with Gasteiger partial charge in [-0.05, 0) is 51.1 Å². The first kappa shape index (κ1) is 20.6. The fourth-order valence-electron chi connectivity index (χ4n) is 4.17. The van der Waals surface area contributed by atoms with Crippen LogP contribution in [0.4, 0.5) is 0 Å². The van der Waals surface area contributed by atoms with Crippen molar-refractivity contribution in [2.75, 3.05) is 6.54 Å². The summed E-state index contributed by atoms with van der Waals surface area (Å²) in [5.74, 6) is -0.353. The number of benzene rings is 1. The molecule has 3 heterocycles. The Labute approximate surface area is 179 Å². The van der Waals surface area contributed by atoms with Crippen molar-refractivity contribution in [3.05, 3.63) is 64.2 Å². The number of aromatic nitrogens is 5. The number of carbonyl (C=O) groups excluding carboxylic acids is 3. The molecule has 1 aliphatic rings. The van der Waals surface area contributed by atoms with Gasteiger partial charge in [0.15, 0.2) is 11.6 Å². The highest BCUT2D eigenvalue weighted by Crippen LogP contribution is 2.23. The number of ketones is 1. The van der Waals surface area contributed by atoms with E-state index in [1.165, 1.54) is 9.70 Å². The summed E-state index contributed by atoms with van der Waals surface area (Å²) in [5, 5.41) is 12.2. The van der Waals surface area contributed by atoms with Gasteiger partial charge in [-0.15, -0.1) is 10.2 Å². The Kier molecular flexibility index (Phi) is 5.26. The monoisotopic (exact) mass is 420 g/mol. The summed E-state index contributed by atoms with van der Waals surface area (Å²) in [4.78, 5) is 40.1. The highest BCUT2D eigenvalue weighted by atomic mass is 16.2. The van der Waals surface area contributed by atoms with E-state index in [-0.39, 0.29) is 43.1 Å². The van der Waals surface area contributed by atoms with Crippen LogP contribution in [0.3, 0.4) is 0 Å². The van der Waals surface area contributed by atoms with Crippen molar-refractivity contribution in [3.8, 4) is 0 Å². The van der Waals surface area contributed by atoms with Crippen molar-refractivity contribution in [1.29, 1.82) is 0 Å². The Morgan fingerprint density at radius 2 is 1.71 bits per heavy atom. The molecule has 9 heteroatoms. The van der Waals surface area contributed by atoms with Gasteiger partial charge in [0.1, 0.15) is 6.54 Å². The number of carbonyl (C=O) groups is 3. The number of amides is 2. The van der Waals surface area contributed by atoms with Crippen LogP contribution in [0.1, 0.15) is 68.2 Å². The SMILES string of the molecule is Cc1cc(C(=O)Cn2nnc(CCN3C(=O)c4ccccc4C3=O)n2)c(C)n1C(C)C. The second-order valence-corrected chi connectivity index (χ2v) is 7.97. The van der Waals surface area contributed by atoms with Crippen LogP contribution in [0.25, 0.3) is 0 Å². The minimum Gasteiger partial charge on any atom is -0.346 e. The molecule has 0 N–H and O–H groups in total. The lowest BCUT2D eigenvalue weighted by molar-refractivity contribution is 0.0655. The molecule has 31 heavy (non-hydrogen) atoms. The normalized spacial score (nSPS) is 13.4. The summed E-state index contributed by atoms with van der Waals surface area (Å²) in [6.07, 6.45) is 0.265. The van der Waals surface area contributed by atoms with Crippen LogP contribution in [0.5, 0.6) is 0 Å². The zero-order valence-electron chi connectivity index (χ0n) is 18.0. The first-order chi connectivity index (χ1) is 14.8. The largest absolute Gasteiger partial charge is 0.346 e. The Morgan fingerprint density at radius 3 is 2.29 bits per heavy atom. The molecule has 0 bridgehead atoms. The second-order valence-electron chi connectivity index (χ2n) is 7.97. The number of aryl methyl sites for hydroxylation is 1. The summed E-state index contributed by atoms with van der Waals surface area (Å²) in [5.41, 5.74) is 3.42. The van der Waals surface area contributed by atoms with Gasteiger partial charge in [0, 0.05) is 36.0 Å². The molecule has 0 radical (unpaired) electrons. The molecule has 0 atom stereocenters. The molecule has 160 valence electrons. The van der Waals surface area contributed by atoms with Crippen LogP contribution >= 0.6 is 0 Å². The lowest BCUT2D eigenvalue weighted by atomic mass is 10.1. The number of rotatable bonds is 7. The number of tetrazole rings is 1. The van der Waals surface area contributed by atoms with Gasteiger partial charge in [0.2, 0.25) is 0 Å². The van der Waals surface area contributed by atoms with Crippen LogP contribution in [0.2, 0.25) is 0 Å². The third kappa shape index (κ3) is 3.67. The molecule has 4 rings (SSSR count). The standard InChI is InChI=1S/C22H24N6O3/c1-13(2)28-14(3)11-18(15(28)4)19(29)12-27-24-20(23-25-27)9-10-26-21(30)16-7-5-6-8-17(16)22(26)31/h5-8,11,13H,9-10,12H2,1-4H3. The maximum atomic E-state index is 12.8. The van der Waals surface area contributed by atoms with E-state index in [1.54, 1.807) is 24.3 Å². The van der Waals surface area contributed by atoms with Crippen molar-refractivity contribution < 1.29 is 14.4 Å². The summed E-state index contributed by atoms with van der Waals surface area (Å²) in [7, 11) is 0. The van der Waals surface area contributed by atoms with Crippen LogP contribution in [-0.4, -0.2) is 53.8 Å². The van der Waals surface area contributed by atoms with Crippen molar-refractivity contribution in [2.24, 2.45) is 0 Å². The smallest absolute Gasteiger partial charge is 0.261 e. The molecule has 2 amide bonds. The molecule has 1 aromatic carbocycles. The van der Waals surface area contributed by atoms with Gasteiger partial charge in [-0.3, -0.25) is 19.3 Å². The van der Waals surface area contributed by atoms with E-state index in [2.05, 4.69) is 33.8 Å². The van der Waals surface area contributed by atoms with E-state index in [0.717, 1.165) is 11.4 Å². The number of hydrogen-bond acceptors (Lipinski definition) is 6. The number of Topliss-reactive ketones (excluding diaryl/α,β-unsaturated/α-hetero) is 1. The summed E-state index contributed by atoms with van der Waals surface area (Å²) >= 11 is 0. The van der Waals surface area contributed by atoms with Gasteiger partial charge in [0.05, 0.1) is 11.1 Å². The molecule has 0 fully saturated rings. The average molecular weight is 420 g/mol. The third-order valence-corrected chi connectivity index (χ3v) is 5.52. The molecule has 0 aliphatic carbocycles. The molecule has 0 saturated heterocycles. The van der Waals surface area contributed by atoms with Crippen LogP contribution in [0.15, 0.2) is 30.3 Å². The molecule has 0 saturated carbocycles. The zero-order valence-corrected chi connectivity index (χ0v) is 18.0. The first-order valence-electron chi connectivity index (χ1n) is 10.2. The van der Waals surface area contributed by atoms with Gasteiger partial charge in [-0.2, -0.15) is 4.80 Å². The van der Waals surface area contributed by atoms with Gasteiger partial charge in [-0.25, -0.2) is 0 Å². The number of nitrogens with zero attached hydrogens (tertiary/aromatic N) is 6. The highest BCUT2D eigenvalue weighted by Gasteiger charge is 2.34. The van der Waals surface area contributed by atoms with E-state index in [4.69, 9.17) is 0 Å². The fraction of sp³-hybridized carbons (Fsp3) is 0.364. The van der Waals surface area contributed by atoms with Crippen molar-refractivity contribution in [1.82, 2.24) is 29.7 Å². The quantitative estimate of drug-likeness (QED) is 0.430. The van der Waals surface area contributed by atoms with Gasteiger partial charge >= 0.3 is 0 Å². The van der Waals surface area contributed by atoms with Crippen molar-refractivity contribution in [3.63, 3.8) is 0 Å². The van der Waals surface area contributed by atoms with Gasteiger partial charge in [-0.1, -0.05) is 12.1 Å². The molecular weight excluding hydrogens is 396 g/mol. The Hall–Kier alpha value is -3.62. The molecule has 2 aromatic heterocycles. The van der Waals surface area contributed by atoms with E-state index in [9.17, 15) is 14.4 Å². The molecule has 1 aliphatic heterocycles. The highest BCUT2D eigenvalue weighted by molar-refractivity contribution is 6.21. The van der Waals surface area contributed by atoms with Crippen LogP contribution in [-0.2, 0) is 13.0 Å². The lowest BCUT2D eigenvalue weighted by Gasteiger charge is -2.13. The van der Waals surface area contributed by atoms with E-state index < -0.39 is 0 Å². The van der Waals surface area contributed by atoms with E-state index in [1.807, 2.05) is 19.9 Å². The fourth-order valence-corrected chi connectivity index (χ4v) is 4.17. The average Bonchev–Trinajstić information content (AvgIpc) is 3.37. The first-order valence-corrected chi connectivity index (χ1v) is 10.2. The predicted molar refractivity (Wildman–Crippen MR) is 112 cm³/mol. The molecule has 9 nitrogen and oxygen atoms in total. The van der Waals surface area contributed by atoms with Gasteiger partial charge < -0.3 is 4.57 Å². The number of hydrogen-bond donors (Lipinski definition) is 0. The summed E-state index contributed by atoms with van der Waals surface area (Å²) < 4.78 is 2.12. The maximum Gasteiger partial charge on any atom is 0.261 e. The van der Waals surface area contributed by atoms with Crippen molar-refractivity contribution >= 4 is 17.6 Å². The summed E-state index contributed by atoms with van der Waals surface area (Å²) in [6.45, 7) is 8.20. The molecule has 3 aromatic rings. The van der Waals surface area contributed by atoms with E-state index in [0.29, 0.717) is 22.5 Å². The zero-order chi connectivity index (χ0) is 22.3. The minimum atomic E-state index is -0.316. The van der Waals surface area contributed by atoms with E-state index >= 15 is 0 Å².